The first-order valence-electron chi connectivity index (χ1n) is 9.04. The first-order valence-corrected chi connectivity index (χ1v) is 10.9. The van der Waals surface area contributed by atoms with Gasteiger partial charge in [0.15, 0.2) is 5.78 Å². The highest BCUT2D eigenvalue weighted by atomic mass is 35.5. The first-order chi connectivity index (χ1) is 14.6. The lowest BCUT2D eigenvalue weighted by atomic mass is 10.0. The van der Waals surface area contributed by atoms with Crippen LogP contribution in [0.3, 0.4) is 0 Å². The van der Waals surface area contributed by atoms with Gasteiger partial charge in [0.25, 0.3) is 5.91 Å². The SMILES string of the molecule is CN(C)S(=O)(=O)c1ccc(C(=O)Nc2ccc(Cl)cc2C(=O)c2ccccc2F)cc1. The molecule has 160 valence electrons. The van der Waals surface area contributed by atoms with Gasteiger partial charge in [-0.25, -0.2) is 17.1 Å². The number of rotatable bonds is 6. The summed E-state index contributed by atoms with van der Waals surface area (Å²) in [4.78, 5) is 25.6. The van der Waals surface area contributed by atoms with Crippen molar-refractivity contribution in [3.05, 3.63) is 94.3 Å². The third kappa shape index (κ3) is 4.82. The summed E-state index contributed by atoms with van der Waals surface area (Å²) in [6, 6.07) is 15.1. The topological polar surface area (TPSA) is 83.6 Å². The minimum Gasteiger partial charge on any atom is -0.321 e. The summed E-state index contributed by atoms with van der Waals surface area (Å²) >= 11 is 6.01. The summed E-state index contributed by atoms with van der Waals surface area (Å²) < 4.78 is 39.5. The molecule has 0 saturated carbocycles. The summed E-state index contributed by atoms with van der Waals surface area (Å²) in [5.74, 6) is -1.90. The first kappa shape index (κ1) is 22.6. The Morgan fingerprint density at radius 1 is 0.935 bits per heavy atom. The summed E-state index contributed by atoms with van der Waals surface area (Å²) in [5.41, 5.74) is 0.195. The van der Waals surface area contributed by atoms with Gasteiger partial charge in [-0.2, -0.15) is 0 Å². The molecule has 0 aliphatic carbocycles. The Hall–Kier alpha value is -3.07. The molecule has 1 N–H and O–H groups in total. The second kappa shape index (κ2) is 8.97. The van der Waals surface area contributed by atoms with Crippen LogP contribution in [0.2, 0.25) is 5.02 Å². The molecule has 0 aliphatic heterocycles. The number of carbonyl (C=O) groups is 2. The number of benzene rings is 3. The van der Waals surface area contributed by atoms with Gasteiger partial charge >= 0.3 is 0 Å². The van der Waals surface area contributed by atoms with Crippen molar-refractivity contribution in [1.29, 1.82) is 0 Å². The highest BCUT2D eigenvalue weighted by Gasteiger charge is 2.20. The fourth-order valence-electron chi connectivity index (χ4n) is 2.79. The highest BCUT2D eigenvalue weighted by molar-refractivity contribution is 7.89. The molecular weight excluding hydrogens is 443 g/mol. The lowest BCUT2D eigenvalue weighted by molar-refractivity contribution is 0.102. The molecule has 0 saturated heterocycles. The third-order valence-electron chi connectivity index (χ3n) is 4.49. The number of sulfonamides is 1. The summed E-state index contributed by atoms with van der Waals surface area (Å²) in [6.07, 6.45) is 0. The van der Waals surface area contributed by atoms with Crippen LogP contribution in [-0.2, 0) is 10.0 Å². The van der Waals surface area contributed by atoms with E-state index in [2.05, 4.69) is 5.32 Å². The minimum atomic E-state index is -3.63. The van der Waals surface area contributed by atoms with E-state index < -0.39 is 27.5 Å². The van der Waals surface area contributed by atoms with E-state index >= 15 is 0 Å². The van der Waals surface area contributed by atoms with E-state index in [1.807, 2.05) is 0 Å². The van der Waals surface area contributed by atoms with Crippen LogP contribution in [0.4, 0.5) is 10.1 Å². The Labute approximate surface area is 184 Å². The molecule has 1 amide bonds. The maximum absolute atomic E-state index is 14.1. The number of ketones is 1. The lowest BCUT2D eigenvalue weighted by Gasteiger charge is -2.13. The molecule has 0 unspecified atom stereocenters. The molecule has 3 rings (SSSR count). The maximum Gasteiger partial charge on any atom is 0.255 e. The van der Waals surface area contributed by atoms with Gasteiger partial charge in [-0.15, -0.1) is 0 Å². The van der Waals surface area contributed by atoms with Gasteiger partial charge in [0.05, 0.1) is 16.1 Å². The van der Waals surface area contributed by atoms with Gasteiger partial charge in [-0.3, -0.25) is 9.59 Å². The van der Waals surface area contributed by atoms with E-state index in [9.17, 15) is 22.4 Å². The normalized spacial score (nSPS) is 11.4. The maximum atomic E-state index is 14.1. The molecule has 3 aromatic carbocycles. The number of hydrogen-bond acceptors (Lipinski definition) is 4. The van der Waals surface area contributed by atoms with E-state index in [1.54, 1.807) is 0 Å². The Bertz CT molecular complexity index is 1260. The fourth-order valence-corrected chi connectivity index (χ4v) is 3.86. The summed E-state index contributed by atoms with van der Waals surface area (Å²) in [5, 5.41) is 2.85. The average Bonchev–Trinajstić information content (AvgIpc) is 2.74. The largest absolute Gasteiger partial charge is 0.321 e. The molecule has 3 aromatic rings. The van der Waals surface area contributed by atoms with Crippen molar-refractivity contribution in [3.8, 4) is 0 Å². The van der Waals surface area contributed by atoms with E-state index in [0.29, 0.717) is 0 Å². The Kier molecular flexibility index (Phi) is 6.54. The van der Waals surface area contributed by atoms with Crippen LogP contribution < -0.4 is 5.32 Å². The minimum absolute atomic E-state index is 0.0257. The van der Waals surface area contributed by atoms with Crippen molar-refractivity contribution in [3.63, 3.8) is 0 Å². The fraction of sp³-hybridized carbons (Fsp3) is 0.0909. The number of amides is 1. The lowest BCUT2D eigenvalue weighted by Crippen LogP contribution is -2.22. The van der Waals surface area contributed by atoms with Crippen LogP contribution in [0.25, 0.3) is 0 Å². The van der Waals surface area contributed by atoms with Gasteiger partial charge < -0.3 is 5.32 Å². The quantitative estimate of drug-likeness (QED) is 0.558. The van der Waals surface area contributed by atoms with Crippen LogP contribution >= 0.6 is 11.6 Å². The molecule has 0 fully saturated rings. The van der Waals surface area contributed by atoms with Crippen molar-refractivity contribution in [2.24, 2.45) is 0 Å². The van der Waals surface area contributed by atoms with Gasteiger partial charge in [0, 0.05) is 30.2 Å². The number of anilines is 1. The van der Waals surface area contributed by atoms with Crippen molar-refractivity contribution in [2.45, 2.75) is 4.90 Å². The van der Waals surface area contributed by atoms with Gasteiger partial charge in [-0.05, 0) is 54.6 Å². The van der Waals surface area contributed by atoms with Crippen LogP contribution in [0.15, 0.2) is 71.6 Å². The van der Waals surface area contributed by atoms with E-state index in [1.165, 1.54) is 80.8 Å². The summed E-state index contributed by atoms with van der Waals surface area (Å²) in [7, 11) is -0.814. The molecule has 0 spiro atoms. The molecule has 0 atom stereocenters. The standard InChI is InChI=1S/C22H18ClFN2O4S/c1-26(2)31(29,30)16-10-7-14(8-11-16)22(28)25-20-12-9-15(23)13-18(20)21(27)17-5-3-4-6-19(17)24/h3-13H,1-2H3,(H,25,28). The molecule has 6 nitrogen and oxygen atoms in total. The van der Waals surface area contributed by atoms with E-state index in [4.69, 9.17) is 11.6 Å². The smallest absolute Gasteiger partial charge is 0.255 e. The van der Waals surface area contributed by atoms with Crippen molar-refractivity contribution >= 4 is 39.0 Å². The predicted molar refractivity (Wildman–Crippen MR) is 117 cm³/mol. The Morgan fingerprint density at radius 3 is 2.19 bits per heavy atom. The second-order valence-corrected chi connectivity index (χ2v) is 9.35. The molecular formula is C22H18ClFN2O4S. The monoisotopic (exact) mass is 460 g/mol. The van der Waals surface area contributed by atoms with Crippen LogP contribution in [0.1, 0.15) is 26.3 Å². The van der Waals surface area contributed by atoms with Gasteiger partial charge in [0.1, 0.15) is 5.82 Å². The number of carbonyl (C=O) groups excluding carboxylic acids is 2. The zero-order valence-electron chi connectivity index (χ0n) is 16.6. The molecule has 0 bridgehead atoms. The van der Waals surface area contributed by atoms with Crippen molar-refractivity contribution in [2.75, 3.05) is 19.4 Å². The van der Waals surface area contributed by atoms with Gasteiger partial charge in [0.2, 0.25) is 10.0 Å². The van der Waals surface area contributed by atoms with Gasteiger partial charge in [-0.1, -0.05) is 23.7 Å². The van der Waals surface area contributed by atoms with Crippen molar-refractivity contribution in [1.82, 2.24) is 4.31 Å². The van der Waals surface area contributed by atoms with Crippen molar-refractivity contribution < 1.29 is 22.4 Å². The number of nitrogens with zero attached hydrogens (tertiary/aromatic N) is 1. The van der Waals surface area contributed by atoms with E-state index in [0.717, 1.165) is 4.31 Å². The summed E-state index contributed by atoms with van der Waals surface area (Å²) in [6.45, 7) is 0. The second-order valence-electron chi connectivity index (χ2n) is 6.76. The van der Waals surface area contributed by atoms with E-state index in [-0.39, 0.29) is 32.3 Å². The molecule has 0 aromatic heterocycles. The molecule has 0 radical (unpaired) electrons. The van der Waals surface area contributed by atoms with Crippen LogP contribution in [0.5, 0.6) is 0 Å². The number of halogens is 2. The molecule has 31 heavy (non-hydrogen) atoms. The van der Waals surface area contributed by atoms with Crippen LogP contribution in [-0.4, -0.2) is 38.5 Å². The van der Waals surface area contributed by atoms with Crippen LogP contribution in [0, 0.1) is 5.82 Å². The number of hydrogen-bond donors (Lipinski definition) is 1. The Morgan fingerprint density at radius 2 is 1.58 bits per heavy atom. The molecule has 0 aliphatic rings. The zero-order chi connectivity index (χ0) is 22.8. The Balaban J connectivity index is 1.91. The highest BCUT2D eigenvalue weighted by Crippen LogP contribution is 2.25. The third-order valence-corrected chi connectivity index (χ3v) is 6.55. The average molecular weight is 461 g/mol. The molecule has 9 heteroatoms. The molecule has 0 heterocycles. The predicted octanol–water partition coefficient (Wildman–Crippen LogP) is 4.21. The zero-order valence-corrected chi connectivity index (χ0v) is 18.2. The number of nitrogens with one attached hydrogen (secondary N) is 1.